The van der Waals surface area contributed by atoms with Crippen LogP contribution in [0.1, 0.15) is 0 Å². The average molecular weight is 302 g/mol. The van der Waals surface area contributed by atoms with Crippen molar-refractivity contribution < 1.29 is 0 Å². The molecule has 5 heteroatoms. The van der Waals surface area contributed by atoms with Crippen LogP contribution in [0.4, 0.5) is 0 Å². The zero-order valence-electron chi connectivity index (χ0n) is 12.1. The molecule has 2 aromatic rings. The first-order valence-electron chi connectivity index (χ1n) is 5.74. The predicted octanol–water partition coefficient (Wildman–Crippen LogP) is 3.38. The minimum Gasteiger partial charge on any atom is -0.317 e. The van der Waals surface area contributed by atoms with E-state index in [4.69, 9.17) is 21.6 Å². The topological polar surface area (TPSA) is 95.4 Å². The Balaban J connectivity index is -0.000000353. The van der Waals surface area contributed by atoms with Crippen molar-refractivity contribution in [2.75, 3.05) is 0 Å². The van der Waals surface area contributed by atoms with E-state index in [0.717, 1.165) is 8.58 Å². The molecule has 0 aliphatic rings. The summed E-state index contributed by atoms with van der Waals surface area (Å²) in [5, 5.41) is 24.8. The van der Waals surface area contributed by atoms with E-state index in [1.807, 2.05) is 0 Å². The van der Waals surface area contributed by atoms with Crippen molar-refractivity contribution in [3.63, 3.8) is 0 Å². The smallest absolute Gasteiger partial charge is 0.0187 e. The van der Waals surface area contributed by atoms with Gasteiger partial charge in [0.15, 0.2) is 0 Å². The van der Waals surface area contributed by atoms with Crippen molar-refractivity contribution in [3.05, 3.63) is 60.7 Å². The Hall–Kier alpha value is -2.45. The predicted molar refractivity (Wildman–Crippen MR) is 99.8 cm³/mol. The molecule has 4 nitrogen and oxygen atoms in total. The van der Waals surface area contributed by atoms with E-state index in [2.05, 4.69) is 87.5 Å². The van der Waals surface area contributed by atoms with E-state index in [9.17, 15) is 0 Å². The van der Waals surface area contributed by atoms with Crippen LogP contribution in [0.25, 0.3) is 0 Å². The third-order valence-corrected chi connectivity index (χ3v) is 3.08. The average Bonchev–Trinajstić information content (AvgIpc) is 2.64. The Morgan fingerprint density at radius 3 is 0.952 bits per heavy atom. The summed E-state index contributed by atoms with van der Waals surface area (Å²) < 4.78 is 0. The number of nitrogens with one attached hydrogen (secondary N) is 4. The molecule has 0 aromatic heterocycles. The third-order valence-electron chi connectivity index (χ3n) is 1.84. The van der Waals surface area contributed by atoms with Crippen LogP contribution in [-0.4, -0.2) is 26.9 Å². The molecule has 112 valence electrons. The summed E-state index contributed by atoms with van der Waals surface area (Å²) in [5.74, 6) is 0. The molecule has 0 atom stereocenters. The Morgan fingerprint density at radius 1 is 0.476 bits per heavy atom. The largest absolute Gasteiger partial charge is 0.317 e. The highest BCUT2D eigenvalue weighted by Crippen LogP contribution is 2.08. The van der Waals surface area contributed by atoms with Gasteiger partial charge in [-0.15, -0.1) is 0 Å². The molecule has 0 fully saturated rings. The van der Waals surface area contributed by atoms with Crippen molar-refractivity contribution in [2.45, 2.75) is 0 Å². The maximum atomic E-state index is 5.50. The fraction of sp³-hybridized carbons (Fsp3) is 0. The molecule has 0 bridgehead atoms. The fourth-order valence-corrected chi connectivity index (χ4v) is 2.26. The number of hydrogen-bond acceptors (Lipinski definition) is 4. The molecular formula is C16H23N4P. The monoisotopic (exact) mass is 302 g/mol. The summed E-state index contributed by atoms with van der Waals surface area (Å²) in [6.45, 7) is 10.0. The highest BCUT2D eigenvalue weighted by atomic mass is 31.1. The van der Waals surface area contributed by atoms with Gasteiger partial charge in [-0.05, 0) is 37.5 Å². The van der Waals surface area contributed by atoms with Gasteiger partial charge in [0.25, 0.3) is 0 Å². The van der Waals surface area contributed by atoms with Gasteiger partial charge in [0, 0.05) is 0 Å². The van der Waals surface area contributed by atoms with Crippen LogP contribution in [0.15, 0.2) is 60.7 Å². The minimum atomic E-state index is 0.777. The van der Waals surface area contributed by atoms with Gasteiger partial charge in [-0.1, -0.05) is 69.2 Å². The van der Waals surface area contributed by atoms with Crippen LogP contribution in [0.3, 0.4) is 0 Å². The molecule has 0 aliphatic heterocycles. The van der Waals surface area contributed by atoms with E-state index in [-0.39, 0.29) is 0 Å². The second kappa shape index (κ2) is 22.7. The molecular weight excluding hydrogens is 279 g/mol. The summed E-state index contributed by atoms with van der Waals surface area (Å²) in [6, 6.07) is 21.2. The van der Waals surface area contributed by atoms with Gasteiger partial charge in [-0.25, -0.2) is 0 Å². The molecule has 0 unspecified atom stereocenters. The maximum Gasteiger partial charge on any atom is -0.0187 e. The summed E-state index contributed by atoms with van der Waals surface area (Å²) in [4.78, 5) is 0. The normalized spacial score (nSPS) is 6.86. The lowest BCUT2D eigenvalue weighted by Gasteiger charge is -2.00. The second-order valence-electron chi connectivity index (χ2n) is 2.86. The van der Waals surface area contributed by atoms with Crippen LogP contribution >= 0.6 is 8.58 Å². The van der Waals surface area contributed by atoms with E-state index in [1.165, 1.54) is 10.6 Å². The van der Waals surface area contributed by atoms with E-state index >= 15 is 0 Å². The van der Waals surface area contributed by atoms with Crippen LogP contribution in [0.5, 0.6) is 0 Å². The van der Waals surface area contributed by atoms with Gasteiger partial charge in [0.05, 0.1) is 0 Å². The molecule has 2 aromatic carbocycles. The summed E-state index contributed by atoms with van der Waals surface area (Å²) in [7, 11) is 0.777. The minimum absolute atomic E-state index is 0.777. The standard InChI is InChI=1S/C12H11P.4CH3N/c1-3-7-11(8-4-1)13-12-9-5-2-6-10-12;4*1-2/h1-10,13H;4*2H,1H2. The summed E-state index contributed by atoms with van der Waals surface area (Å²) in [5.41, 5.74) is 0. The van der Waals surface area contributed by atoms with Crippen molar-refractivity contribution in [1.82, 2.24) is 0 Å². The summed E-state index contributed by atoms with van der Waals surface area (Å²) >= 11 is 0. The molecule has 0 spiro atoms. The lowest BCUT2D eigenvalue weighted by atomic mass is 10.4. The van der Waals surface area contributed by atoms with Gasteiger partial charge in [-0.3, -0.25) is 0 Å². The SMILES string of the molecule is C=N.C=N.C=N.C=N.c1ccc(Pc2ccccc2)cc1. The van der Waals surface area contributed by atoms with Gasteiger partial charge in [-0.2, -0.15) is 0 Å². The highest BCUT2D eigenvalue weighted by molar-refractivity contribution is 7.55. The Labute approximate surface area is 129 Å². The molecule has 0 saturated carbocycles. The summed E-state index contributed by atoms with van der Waals surface area (Å²) in [6.07, 6.45) is 0. The first kappa shape index (κ1) is 23.6. The molecule has 21 heavy (non-hydrogen) atoms. The van der Waals surface area contributed by atoms with Gasteiger partial charge in [0.1, 0.15) is 0 Å². The Morgan fingerprint density at radius 2 is 0.714 bits per heavy atom. The van der Waals surface area contributed by atoms with Crippen LogP contribution in [-0.2, 0) is 0 Å². The van der Waals surface area contributed by atoms with Gasteiger partial charge >= 0.3 is 0 Å². The van der Waals surface area contributed by atoms with Crippen molar-refractivity contribution in [2.24, 2.45) is 0 Å². The molecule has 4 N–H and O–H groups in total. The van der Waals surface area contributed by atoms with Gasteiger partial charge < -0.3 is 21.6 Å². The fourth-order valence-electron chi connectivity index (χ4n) is 1.21. The zero-order chi connectivity index (χ0) is 16.9. The number of hydrogen-bond donors (Lipinski definition) is 4. The lowest BCUT2D eigenvalue weighted by molar-refractivity contribution is 1.61. The van der Waals surface area contributed by atoms with Crippen molar-refractivity contribution in [3.8, 4) is 0 Å². The van der Waals surface area contributed by atoms with Crippen LogP contribution < -0.4 is 10.6 Å². The molecule has 0 aliphatic carbocycles. The third kappa shape index (κ3) is 13.8. The zero-order valence-corrected chi connectivity index (χ0v) is 13.1. The quantitative estimate of drug-likeness (QED) is 0.483. The van der Waals surface area contributed by atoms with Crippen LogP contribution in [0.2, 0.25) is 0 Å². The van der Waals surface area contributed by atoms with Crippen molar-refractivity contribution in [1.29, 1.82) is 21.6 Å². The first-order valence-corrected chi connectivity index (χ1v) is 6.74. The van der Waals surface area contributed by atoms with Crippen molar-refractivity contribution >= 4 is 46.1 Å². The molecule has 0 radical (unpaired) electrons. The van der Waals surface area contributed by atoms with Gasteiger partial charge in [0.2, 0.25) is 0 Å². The maximum absolute atomic E-state index is 5.50. The first-order chi connectivity index (χ1) is 10.4. The number of benzene rings is 2. The molecule has 2 rings (SSSR count). The molecule has 0 saturated heterocycles. The lowest BCUT2D eigenvalue weighted by Crippen LogP contribution is -2.01. The van der Waals surface area contributed by atoms with E-state index in [0.29, 0.717) is 0 Å². The highest BCUT2D eigenvalue weighted by Gasteiger charge is 1.92. The molecule has 0 heterocycles. The molecule has 0 amide bonds. The van der Waals surface area contributed by atoms with E-state index in [1.54, 1.807) is 0 Å². The Bertz CT molecular complexity index is 377. The second-order valence-corrected chi connectivity index (χ2v) is 4.26. The number of rotatable bonds is 2. The Kier molecular flexibility index (Phi) is 25.5. The van der Waals surface area contributed by atoms with E-state index < -0.39 is 0 Å². The van der Waals surface area contributed by atoms with Crippen LogP contribution in [0, 0.1) is 21.6 Å².